The van der Waals surface area contributed by atoms with E-state index in [2.05, 4.69) is 19.2 Å². The highest BCUT2D eigenvalue weighted by atomic mass is 32.2. The van der Waals surface area contributed by atoms with E-state index < -0.39 is 96.4 Å². The van der Waals surface area contributed by atoms with Gasteiger partial charge in [0.25, 0.3) is 0 Å². The van der Waals surface area contributed by atoms with Gasteiger partial charge in [-0.3, -0.25) is 4.79 Å². The molecule has 2 unspecified atom stereocenters. The van der Waals surface area contributed by atoms with Crippen molar-refractivity contribution in [2.45, 2.75) is 175 Å². The number of hydrogen-bond acceptors (Lipinski definition) is 14. The Kier molecular flexibility index (Phi) is 15.7. The highest BCUT2D eigenvalue weighted by molar-refractivity contribution is 7.93. The summed E-state index contributed by atoms with van der Waals surface area (Å²) >= 11 is 4.53. The molecule has 4 aliphatic heterocycles. The lowest BCUT2D eigenvalue weighted by atomic mass is 9.74. The van der Waals surface area contributed by atoms with Crippen molar-refractivity contribution >= 4 is 36.8 Å². The normalized spacial score (nSPS) is 45.9. The number of fused-ring (bicyclic) bond motifs is 2. The van der Waals surface area contributed by atoms with Crippen LogP contribution in [0.1, 0.15) is 103 Å². The lowest BCUT2D eigenvalue weighted by Gasteiger charge is -2.49. The standard InChI is InChI=1S/C38H64O12S.CH4S/c1-14-26-21(5)30-22(6)28(47-36(41)48-30)19(3)16-38(12,42)33(49-35-29(50-51-13)18(2)15-20(4)43-35)23(7)31(24(8)34(40)45-26)46-27-17-37(10,11)32(39)25(9)44-27;1-2/h18-20,22-33,35,39,42H,5,14-17H2,1-4,6-13H3;2H,1H3/t18-,19+,20+,22-,23-,24+,25-,26+,27?,28-,29+,30-,31-,32-,33+,35?,38-;/m0./s1/i13T,39T;. The van der Waals surface area contributed by atoms with Gasteiger partial charge in [-0.15, -0.1) is 0 Å². The van der Waals surface area contributed by atoms with E-state index in [1.54, 1.807) is 20.1 Å². The molecule has 0 saturated carbocycles. The summed E-state index contributed by atoms with van der Waals surface area (Å²) in [6.45, 7) is 25.0. The van der Waals surface area contributed by atoms with E-state index in [1.165, 1.54) is 0 Å². The minimum atomic E-state index is -1.61. The fourth-order valence-corrected chi connectivity index (χ4v) is 9.25. The number of rotatable bonds is 8. The number of thiol groups is 1. The predicted octanol–water partition coefficient (Wildman–Crippen LogP) is 6.74. The average Bonchev–Trinajstić information content (AvgIpc) is 3.10. The van der Waals surface area contributed by atoms with Crippen LogP contribution >= 0.6 is 24.7 Å². The summed E-state index contributed by atoms with van der Waals surface area (Å²) in [7, 11) is 0. The second kappa shape index (κ2) is 19.4. The molecule has 2 N–H and O–H groups in total. The SMILES string of the molecule is CS.[3H]CSO[C@H]1C(O[C@@H]2[C@@H](C)[C@H](OC3CC(C)(C)[C@@H](O[3H])[C@H](C)O3)[C@@H](C)C(=O)O[C@H](CC)C(=C)[C@@H]3OC(=O)O[C@H]([C@@H]3C)[C@H](C)C[C@]2(C)O)O[C@H](C)C[C@@H]1C. The molecule has 4 aliphatic rings. The first kappa shape index (κ1) is 43.0. The van der Waals surface area contributed by atoms with Crippen LogP contribution in [-0.2, 0) is 42.1 Å². The Bertz CT molecular complexity index is 1260. The zero-order chi connectivity index (χ0) is 41.6. The first-order chi connectivity index (χ1) is 25.8. The molecule has 4 saturated heterocycles. The van der Waals surface area contributed by atoms with Gasteiger partial charge in [-0.1, -0.05) is 55.0 Å². The van der Waals surface area contributed by atoms with E-state index in [0.717, 1.165) is 12.0 Å². The summed E-state index contributed by atoms with van der Waals surface area (Å²) in [5, 5.41) is 17.7. The van der Waals surface area contributed by atoms with Gasteiger partial charge in [-0.05, 0) is 82.5 Å². The number of aliphatic hydroxyl groups is 2. The average molecular weight is 797 g/mol. The van der Waals surface area contributed by atoms with Gasteiger partial charge < -0.3 is 47.6 Å². The summed E-state index contributed by atoms with van der Waals surface area (Å²) in [4.78, 5) is 27.1. The fraction of sp³-hybridized carbons (Fsp3) is 0.897. The Morgan fingerprint density at radius 3 is 2.25 bits per heavy atom. The van der Waals surface area contributed by atoms with E-state index in [0.29, 0.717) is 24.8 Å². The summed E-state index contributed by atoms with van der Waals surface area (Å²) in [6, 6.07) is 0. The minimum Gasteiger partial charge on any atom is -0.457 e. The van der Waals surface area contributed by atoms with Crippen LogP contribution in [0.3, 0.4) is 0 Å². The number of esters is 1. The van der Waals surface area contributed by atoms with Gasteiger partial charge in [-0.25, -0.2) is 4.79 Å². The van der Waals surface area contributed by atoms with Crippen LogP contribution in [0.5, 0.6) is 0 Å². The maximum Gasteiger partial charge on any atom is 0.509 e. The second-order valence-electron chi connectivity index (χ2n) is 16.6. The molecule has 2 bridgehead atoms. The monoisotopic (exact) mass is 796 g/mol. The first-order valence-electron chi connectivity index (χ1n) is 20.1. The molecule has 14 heteroatoms. The molecular formula is C39H68O12S2. The van der Waals surface area contributed by atoms with Gasteiger partial charge in [0.05, 0.1) is 42.0 Å². The lowest BCUT2D eigenvalue weighted by Crippen LogP contribution is -2.58. The maximum atomic E-state index is 14.2. The van der Waals surface area contributed by atoms with Crippen LogP contribution < -0.4 is 0 Å². The van der Waals surface area contributed by atoms with Crippen molar-refractivity contribution in [3.63, 3.8) is 0 Å². The van der Waals surface area contributed by atoms with Gasteiger partial charge in [0.2, 0.25) is 1.43 Å². The van der Waals surface area contributed by atoms with Crippen molar-refractivity contribution in [1.29, 1.82) is 1.43 Å². The smallest absolute Gasteiger partial charge is 0.457 e. The van der Waals surface area contributed by atoms with E-state index in [9.17, 15) is 14.7 Å². The molecule has 17 atom stereocenters. The van der Waals surface area contributed by atoms with Crippen LogP contribution in [0.2, 0.25) is 0 Å². The lowest BCUT2D eigenvalue weighted by molar-refractivity contribution is -0.309. The van der Waals surface area contributed by atoms with E-state index in [1.807, 2.05) is 62.3 Å². The third-order valence-electron chi connectivity index (χ3n) is 11.6. The van der Waals surface area contributed by atoms with Crippen LogP contribution in [0.4, 0.5) is 4.79 Å². The summed E-state index contributed by atoms with van der Waals surface area (Å²) < 4.78 is 65.4. The summed E-state index contributed by atoms with van der Waals surface area (Å²) in [5.74, 6) is -2.92. The highest BCUT2D eigenvalue weighted by Crippen LogP contribution is 2.43. The number of cyclic esters (lactones) is 1. The van der Waals surface area contributed by atoms with Crippen molar-refractivity contribution in [2.24, 2.45) is 35.0 Å². The van der Waals surface area contributed by atoms with Crippen molar-refractivity contribution in [1.82, 2.24) is 0 Å². The molecule has 53 heavy (non-hydrogen) atoms. The highest BCUT2D eigenvalue weighted by Gasteiger charge is 2.52. The number of hydrogen-bond donors (Lipinski definition) is 3. The van der Waals surface area contributed by atoms with Crippen LogP contribution in [0.15, 0.2) is 12.2 Å². The maximum absolute atomic E-state index is 14.2. The van der Waals surface area contributed by atoms with Crippen LogP contribution in [0.25, 0.3) is 0 Å². The van der Waals surface area contributed by atoms with Crippen molar-refractivity contribution in [3.8, 4) is 0 Å². The van der Waals surface area contributed by atoms with Crippen molar-refractivity contribution < 1.29 is 58.5 Å². The molecule has 0 aromatic rings. The topological polar surface area (TPSA) is 148 Å². The Morgan fingerprint density at radius 1 is 0.962 bits per heavy atom. The molecule has 4 rings (SSSR count). The van der Waals surface area contributed by atoms with E-state index in [4.69, 9.17) is 45.3 Å². The molecule has 4 fully saturated rings. The summed E-state index contributed by atoms with van der Waals surface area (Å²) in [5.41, 5.74) is -1.66. The number of ether oxygens (including phenoxy) is 7. The number of aliphatic hydroxyl groups excluding tert-OH is 1. The van der Waals surface area contributed by atoms with Gasteiger partial charge >= 0.3 is 12.1 Å². The molecule has 12 nitrogen and oxygen atoms in total. The van der Waals surface area contributed by atoms with E-state index in [-0.39, 0.29) is 36.5 Å². The second-order valence-corrected chi connectivity index (χ2v) is 17.0. The quantitative estimate of drug-likeness (QED) is 0.103. The number of carbonyl (C=O) groups is 2. The molecular weight excluding hydrogens is 725 g/mol. The van der Waals surface area contributed by atoms with Crippen molar-refractivity contribution in [2.75, 3.05) is 12.5 Å². The molecule has 0 amide bonds. The molecule has 0 aromatic heterocycles. The zero-order valence-electron chi connectivity index (χ0n) is 35.8. The Labute approximate surface area is 330 Å². The Balaban J connectivity index is 0.00000399. The van der Waals surface area contributed by atoms with Crippen molar-refractivity contribution in [3.05, 3.63) is 12.2 Å². The largest absolute Gasteiger partial charge is 0.509 e. The van der Waals surface area contributed by atoms with Gasteiger partial charge in [-0.2, -0.15) is 12.6 Å². The minimum absolute atomic E-state index is 0.00602. The first-order valence-corrected chi connectivity index (χ1v) is 20.8. The summed E-state index contributed by atoms with van der Waals surface area (Å²) in [6.07, 6.45) is -5.22. The Hall–Kier alpha value is -1.10. The van der Waals surface area contributed by atoms with Gasteiger partial charge in [0.15, 0.2) is 12.6 Å². The van der Waals surface area contributed by atoms with Gasteiger partial charge in [0, 0.05) is 31.4 Å². The number of carbonyl (C=O) groups excluding carboxylic acids is 2. The fourth-order valence-electron chi connectivity index (χ4n) is 8.81. The van der Waals surface area contributed by atoms with Crippen LogP contribution in [0, 0.1) is 35.0 Å². The molecule has 308 valence electrons. The Morgan fingerprint density at radius 2 is 1.64 bits per heavy atom. The molecule has 0 aromatic carbocycles. The van der Waals surface area contributed by atoms with E-state index >= 15 is 0 Å². The molecule has 0 aliphatic carbocycles. The zero-order valence-corrected chi connectivity index (χ0v) is 35.5. The molecule has 0 radical (unpaired) electrons. The third kappa shape index (κ3) is 10.9. The third-order valence-corrected chi connectivity index (χ3v) is 11.9. The van der Waals surface area contributed by atoms with Crippen LogP contribution in [-0.4, -0.2) is 109 Å². The molecule has 0 spiro atoms. The van der Waals surface area contributed by atoms with Gasteiger partial charge in [0.1, 0.15) is 24.4 Å². The predicted molar refractivity (Wildman–Crippen MR) is 206 cm³/mol. The molecule has 4 heterocycles.